The highest BCUT2D eigenvalue weighted by atomic mass is 32.1. The average molecular weight is 877 g/mol. The van der Waals surface area contributed by atoms with Crippen LogP contribution in [0.5, 0.6) is 0 Å². The molecule has 314 valence electrons. The molecule has 0 spiro atoms. The second-order valence-electron chi connectivity index (χ2n) is 17.0. The first-order valence-electron chi connectivity index (χ1n) is 22.4. The third kappa shape index (κ3) is 5.59. The van der Waals surface area contributed by atoms with E-state index in [4.69, 9.17) is 23.8 Å². The molecule has 14 aromatic rings. The molecular formula is C60H36N4O2S. The van der Waals surface area contributed by atoms with Crippen LogP contribution in [-0.2, 0) is 0 Å². The van der Waals surface area contributed by atoms with Gasteiger partial charge in [-0.2, -0.15) is 9.97 Å². The molecule has 0 amide bonds. The summed E-state index contributed by atoms with van der Waals surface area (Å²) in [6, 6.07) is 59.7. The summed E-state index contributed by atoms with van der Waals surface area (Å²) in [5.74, 6) is 1.55. The maximum absolute atomic E-state index is 6.44. The van der Waals surface area contributed by atoms with E-state index in [1.165, 1.54) is 20.3 Å². The summed E-state index contributed by atoms with van der Waals surface area (Å²) >= 11 is 1.79. The molecule has 0 bridgehead atoms. The van der Waals surface area contributed by atoms with Gasteiger partial charge in [0.2, 0.25) is 5.95 Å². The van der Waals surface area contributed by atoms with E-state index in [0.29, 0.717) is 17.6 Å². The fourth-order valence-corrected chi connectivity index (χ4v) is 11.6. The van der Waals surface area contributed by atoms with Gasteiger partial charge in [-0.05, 0) is 88.8 Å². The van der Waals surface area contributed by atoms with Crippen LogP contribution in [0.3, 0.4) is 0 Å². The van der Waals surface area contributed by atoms with Crippen molar-refractivity contribution in [2.45, 2.75) is 6.92 Å². The summed E-state index contributed by atoms with van der Waals surface area (Å²) in [4.78, 5) is 17.5. The Bertz CT molecular complexity index is 4320. The van der Waals surface area contributed by atoms with E-state index in [2.05, 4.69) is 164 Å². The Morgan fingerprint density at radius 1 is 0.478 bits per heavy atom. The maximum Gasteiger partial charge on any atom is 0.238 e. The number of thiophene rings is 1. The van der Waals surface area contributed by atoms with Gasteiger partial charge >= 0.3 is 0 Å². The lowest BCUT2D eigenvalue weighted by atomic mass is 9.95. The molecule has 9 aromatic carbocycles. The molecule has 5 heterocycles. The Kier molecular flexibility index (Phi) is 8.12. The minimum atomic E-state index is 0.501. The second kappa shape index (κ2) is 14.4. The van der Waals surface area contributed by atoms with E-state index in [9.17, 15) is 0 Å². The lowest BCUT2D eigenvalue weighted by molar-refractivity contribution is 0.668. The average Bonchev–Trinajstić information content (AvgIpc) is 4.14. The minimum Gasteiger partial charge on any atom is -0.456 e. The highest BCUT2D eigenvalue weighted by molar-refractivity contribution is 7.20. The van der Waals surface area contributed by atoms with Gasteiger partial charge in [0.15, 0.2) is 11.6 Å². The van der Waals surface area contributed by atoms with Crippen molar-refractivity contribution in [2.24, 2.45) is 0 Å². The van der Waals surface area contributed by atoms with E-state index < -0.39 is 0 Å². The third-order valence-electron chi connectivity index (χ3n) is 13.3. The fourth-order valence-electron chi connectivity index (χ4n) is 10.4. The van der Waals surface area contributed by atoms with Gasteiger partial charge in [0.05, 0.1) is 11.0 Å². The van der Waals surface area contributed by atoms with Gasteiger partial charge < -0.3 is 8.83 Å². The minimum absolute atomic E-state index is 0.501. The molecule has 0 N–H and O–H groups in total. The Balaban J connectivity index is 1.12. The summed E-state index contributed by atoms with van der Waals surface area (Å²) in [5, 5.41) is 12.2. The number of nitrogens with zero attached hydrogens (tertiary/aromatic N) is 4. The number of benzene rings is 9. The second-order valence-corrected chi connectivity index (χ2v) is 18.1. The molecule has 0 saturated carbocycles. The Hall–Kier alpha value is -8.65. The van der Waals surface area contributed by atoms with Crippen molar-refractivity contribution in [1.29, 1.82) is 0 Å². The number of para-hydroxylation sites is 3. The normalized spacial score (nSPS) is 12.3. The number of aromatic nitrogens is 4. The molecule has 67 heavy (non-hydrogen) atoms. The lowest BCUT2D eigenvalue weighted by Gasteiger charge is -2.14. The lowest BCUT2D eigenvalue weighted by Crippen LogP contribution is -2.07. The molecule has 0 aliphatic heterocycles. The third-order valence-corrected chi connectivity index (χ3v) is 14.5. The molecule has 0 aliphatic rings. The zero-order valence-electron chi connectivity index (χ0n) is 36.1. The van der Waals surface area contributed by atoms with E-state index >= 15 is 0 Å². The molecule has 0 fully saturated rings. The van der Waals surface area contributed by atoms with Gasteiger partial charge in [0, 0.05) is 69.4 Å². The number of furan rings is 2. The van der Waals surface area contributed by atoms with E-state index in [-0.39, 0.29) is 0 Å². The van der Waals surface area contributed by atoms with Crippen LogP contribution in [0.15, 0.2) is 191 Å². The molecule has 14 rings (SSSR count). The highest BCUT2D eigenvalue weighted by Gasteiger charge is 2.25. The van der Waals surface area contributed by atoms with Crippen molar-refractivity contribution in [3.05, 3.63) is 193 Å². The maximum atomic E-state index is 6.44. The zero-order chi connectivity index (χ0) is 44.3. The highest BCUT2D eigenvalue weighted by Crippen LogP contribution is 2.46. The van der Waals surface area contributed by atoms with Crippen LogP contribution >= 0.6 is 11.3 Å². The van der Waals surface area contributed by atoms with Crippen LogP contribution in [0.1, 0.15) is 17.4 Å². The van der Waals surface area contributed by atoms with E-state index in [0.717, 1.165) is 110 Å². The molecule has 0 saturated heterocycles. The van der Waals surface area contributed by atoms with Crippen molar-refractivity contribution < 1.29 is 8.83 Å². The fraction of sp³-hybridized carbons (Fsp3) is 0.0167. The SMILES string of the molecule is C=Cc1c(/C=C\C)sc2ccc(-c3cccc4c5c6ccccc6c6ccccc6c5n(-c5nc(-c6ccc7c(c6)oc6ccccc67)nc(-c6ccc7c(c6)oc6ccccc67)n5)c34)cc12. The van der Waals surface area contributed by atoms with Gasteiger partial charge in [0.1, 0.15) is 22.3 Å². The summed E-state index contributed by atoms with van der Waals surface area (Å²) in [7, 11) is 0. The topological polar surface area (TPSA) is 69.9 Å². The number of hydrogen-bond acceptors (Lipinski definition) is 6. The van der Waals surface area contributed by atoms with Gasteiger partial charge in [-0.25, -0.2) is 4.98 Å². The summed E-state index contributed by atoms with van der Waals surface area (Å²) in [5.41, 5.74) is 10.2. The quantitative estimate of drug-likeness (QED) is 0.156. The van der Waals surface area contributed by atoms with Crippen molar-refractivity contribution >= 4 is 121 Å². The molecule has 5 aromatic heterocycles. The number of allylic oxidation sites excluding steroid dienone is 1. The van der Waals surface area contributed by atoms with Crippen LogP contribution < -0.4 is 0 Å². The van der Waals surface area contributed by atoms with Gasteiger partial charge in [-0.15, -0.1) is 11.3 Å². The Morgan fingerprint density at radius 3 is 1.67 bits per heavy atom. The first-order valence-corrected chi connectivity index (χ1v) is 23.2. The molecular weight excluding hydrogens is 841 g/mol. The Morgan fingerprint density at radius 2 is 1.03 bits per heavy atom. The van der Waals surface area contributed by atoms with Crippen LogP contribution in [0.25, 0.3) is 149 Å². The number of rotatable bonds is 6. The predicted octanol–water partition coefficient (Wildman–Crippen LogP) is 17.0. The predicted molar refractivity (Wildman–Crippen MR) is 280 cm³/mol. The van der Waals surface area contributed by atoms with Gasteiger partial charge in [0.25, 0.3) is 0 Å². The van der Waals surface area contributed by atoms with Crippen molar-refractivity contribution in [2.75, 3.05) is 0 Å². The van der Waals surface area contributed by atoms with Gasteiger partial charge in [-0.3, -0.25) is 4.57 Å². The van der Waals surface area contributed by atoms with Crippen LogP contribution in [0.2, 0.25) is 0 Å². The number of hydrogen-bond donors (Lipinski definition) is 0. The largest absolute Gasteiger partial charge is 0.456 e. The first kappa shape index (κ1) is 37.7. The monoisotopic (exact) mass is 876 g/mol. The standard InChI is InChI=1S/C60H36N4O2S/c1-3-14-53-37(4-2)48-31-34(27-30-54(48)67-53)38-21-13-22-47-55-45-19-7-5-15-39(45)40-16-6-8-20-46(40)57(55)64(56(38)47)60-62-58(35-25-28-43-41-17-9-11-23-49(41)65-51(43)32-35)61-59(63-60)36-26-29-44-42-18-10-12-24-50(42)66-52(44)33-36/h3-33H,2H2,1H3/b14-3-. The smallest absolute Gasteiger partial charge is 0.238 e. The van der Waals surface area contributed by atoms with Crippen LogP contribution in [0, 0.1) is 0 Å². The molecule has 0 radical (unpaired) electrons. The van der Waals surface area contributed by atoms with Crippen molar-refractivity contribution in [1.82, 2.24) is 19.5 Å². The molecule has 0 aliphatic carbocycles. The van der Waals surface area contributed by atoms with Crippen molar-refractivity contribution in [3.63, 3.8) is 0 Å². The zero-order valence-corrected chi connectivity index (χ0v) is 36.9. The molecule has 0 unspecified atom stereocenters. The van der Waals surface area contributed by atoms with E-state index in [1.807, 2.05) is 42.5 Å². The Labute approximate surface area is 387 Å². The van der Waals surface area contributed by atoms with Crippen LogP contribution in [0.4, 0.5) is 0 Å². The number of fused-ring (bicyclic) bond motifs is 15. The van der Waals surface area contributed by atoms with Crippen molar-refractivity contribution in [3.8, 4) is 39.9 Å². The summed E-state index contributed by atoms with van der Waals surface area (Å²) in [6.07, 6.45) is 6.24. The summed E-state index contributed by atoms with van der Waals surface area (Å²) < 4.78 is 16.4. The van der Waals surface area contributed by atoms with Crippen LogP contribution in [-0.4, -0.2) is 19.5 Å². The molecule has 0 atom stereocenters. The molecule has 7 heteroatoms. The molecule has 6 nitrogen and oxygen atoms in total. The van der Waals surface area contributed by atoms with E-state index in [1.54, 1.807) is 11.3 Å². The first-order chi connectivity index (χ1) is 33.1. The van der Waals surface area contributed by atoms with Gasteiger partial charge in [-0.1, -0.05) is 140 Å². The summed E-state index contributed by atoms with van der Waals surface area (Å²) in [6.45, 7) is 6.30.